The lowest BCUT2D eigenvalue weighted by atomic mass is 9.72. The third-order valence-corrected chi connectivity index (χ3v) is 6.64. The lowest BCUT2D eigenvalue weighted by Gasteiger charge is -2.31. The van der Waals surface area contributed by atoms with Crippen molar-refractivity contribution in [3.63, 3.8) is 0 Å². The Kier molecular flexibility index (Phi) is 6.88. The summed E-state index contributed by atoms with van der Waals surface area (Å²) in [6, 6.07) is 11.1. The van der Waals surface area contributed by atoms with Gasteiger partial charge in [-0.15, -0.1) is 13.2 Å². The lowest BCUT2D eigenvalue weighted by molar-refractivity contribution is -0.274. The van der Waals surface area contributed by atoms with Crippen molar-refractivity contribution < 1.29 is 32.2 Å². The van der Waals surface area contributed by atoms with Crippen molar-refractivity contribution in [2.75, 3.05) is 13.2 Å². The van der Waals surface area contributed by atoms with Crippen molar-refractivity contribution in [3.05, 3.63) is 53.6 Å². The maximum Gasteiger partial charge on any atom is 0.573 e. The molecule has 33 heavy (non-hydrogen) atoms. The fourth-order valence-corrected chi connectivity index (χ4v) is 5.00. The predicted octanol–water partition coefficient (Wildman–Crippen LogP) is 6.01. The number of aryl methyl sites for hydroxylation is 1. The van der Waals surface area contributed by atoms with Crippen molar-refractivity contribution in [3.8, 4) is 16.9 Å². The zero-order valence-corrected chi connectivity index (χ0v) is 18.5. The van der Waals surface area contributed by atoms with Crippen LogP contribution in [0.4, 0.5) is 13.2 Å². The summed E-state index contributed by atoms with van der Waals surface area (Å²) in [6.07, 6.45) is -1.09. The summed E-state index contributed by atoms with van der Waals surface area (Å²) in [5.74, 6) is -0.560. The van der Waals surface area contributed by atoms with Crippen molar-refractivity contribution in [2.45, 2.75) is 51.3 Å². The molecule has 1 saturated carbocycles. The molecule has 1 saturated heterocycles. The molecule has 1 aliphatic heterocycles. The second-order valence-electron chi connectivity index (χ2n) is 9.07. The summed E-state index contributed by atoms with van der Waals surface area (Å²) >= 11 is 0. The molecule has 0 amide bonds. The Morgan fingerprint density at radius 3 is 2.12 bits per heavy atom. The van der Waals surface area contributed by atoms with Gasteiger partial charge in [0.15, 0.2) is 0 Å². The first-order valence-corrected chi connectivity index (χ1v) is 11.3. The topological polar surface area (TPSA) is 52.6 Å². The third kappa shape index (κ3) is 5.82. The van der Waals surface area contributed by atoms with E-state index in [4.69, 9.17) is 4.74 Å². The van der Waals surface area contributed by atoms with Gasteiger partial charge in [-0.05, 0) is 78.5 Å². The Morgan fingerprint density at radius 2 is 1.52 bits per heavy atom. The highest BCUT2D eigenvalue weighted by molar-refractivity contribution is 6.10. The molecule has 2 aromatic rings. The van der Waals surface area contributed by atoms with Crippen LogP contribution in [-0.4, -0.2) is 31.1 Å². The van der Waals surface area contributed by atoms with Gasteiger partial charge in [0, 0.05) is 26.1 Å². The molecule has 4 rings (SSSR count). The average molecular weight is 460 g/mol. The van der Waals surface area contributed by atoms with Crippen LogP contribution in [0.2, 0.25) is 0 Å². The van der Waals surface area contributed by atoms with Gasteiger partial charge in [-0.1, -0.05) is 24.3 Å². The maximum absolute atomic E-state index is 13.1. The molecule has 2 aliphatic rings. The molecular weight excluding hydrogens is 433 g/mol. The van der Waals surface area contributed by atoms with Crippen molar-refractivity contribution in [2.24, 2.45) is 11.8 Å². The largest absolute Gasteiger partial charge is 0.573 e. The Bertz CT molecular complexity index is 989. The fourth-order valence-electron chi connectivity index (χ4n) is 5.00. The van der Waals surface area contributed by atoms with Gasteiger partial charge in [-0.2, -0.15) is 0 Å². The van der Waals surface area contributed by atoms with Crippen LogP contribution < -0.4 is 4.74 Å². The van der Waals surface area contributed by atoms with Crippen LogP contribution in [0.1, 0.15) is 49.1 Å². The first-order chi connectivity index (χ1) is 15.7. The monoisotopic (exact) mass is 460 g/mol. The number of hydrogen-bond acceptors (Lipinski definition) is 4. The molecule has 7 heteroatoms. The highest BCUT2D eigenvalue weighted by Crippen LogP contribution is 2.38. The number of rotatable bonds is 5. The molecule has 0 unspecified atom stereocenters. The molecular formula is C26H27F3O4. The molecule has 0 N–H and O–H groups in total. The quantitative estimate of drug-likeness (QED) is 0.513. The SMILES string of the molecule is Cc1ccc(-c2ccc(OC(F)(F)F)cc2)cc1C1C(=O)CC(CC2CCOCC2)CC1=O. The molecule has 0 spiro atoms. The predicted molar refractivity (Wildman–Crippen MR) is 117 cm³/mol. The Hall–Kier alpha value is -2.67. The molecule has 4 nitrogen and oxygen atoms in total. The number of carbonyl (C=O) groups is 2. The van der Waals surface area contributed by atoms with Gasteiger partial charge < -0.3 is 9.47 Å². The van der Waals surface area contributed by atoms with E-state index in [-0.39, 0.29) is 23.2 Å². The number of benzene rings is 2. The molecule has 2 aromatic carbocycles. The second kappa shape index (κ2) is 9.67. The fraction of sp³-hybridized carbons (Fsp3) is 0.462. The minimum absolute atomic E-state index is 0.0440. The van der Waals surface area contributed by atoms with Crippen molar-refractivity contribution in [1.29, 1.82) is 0 Å². The standard InChI is InChI=1S/C26H27F3O4/c1-16-2-3-20(19-4-6-21(7-5-19)33-26(27,28)29)15-22(16)25-23(30)13-18(14-24(25)31)12-17-8-10-32-11-9-17/h2-7,15,17-18,25H,8-14H2,1H3. The zero-order valence-electron chi connectivity index (χ0n) is 18.5. The van der Waals surface area contributed by atoms with Crippen LogP contribution in [0, 0.1) is 18.8 Å². The number of hydrogen-bond donors (Lipinski definition) is 0. The van der Waals surface area contributed by atoms with E-state index in [9.17, 15) is 22.8 Å². The van der Waals surface area contributed by atoms with Gasteiger partial charge >= 0.3 is 6.36 Å². The van der Waals surface area contributed by atoms with Crippen molar-refractivity contribution in [1.82, 2.24) is 0 Å². The van der Waals surface area contributed by atoms with Crippen LogP contribution in [0.15, 0.2) is 42.5 Å². The number of ketones is 2. The van der Waals surface area contributed by atoms with E-state index in [1.165, 1.54) is 24.3 Å². The normalized spacial score (nSPS) is 22.4. The van der Waals surface area contributed by atoms with Gasteiger partial charge in [0.2, 0.25) is 0 Å². The van der Waals surface area contributed by atoms with Gasteiger partial charge in [-0.3, -0.25) is 9.59 Å². The number of Topliss-reactive ketones (excluding diaryl/α,β-unsaturated/α-hetero) is 2. The maximum atomic E-state index is 13.1. The Morgan fingerprint density at radius 1 is 0.909 bits per heavy atom. The molecule has 0 atom stereocenters. The molecule has 0 aromatic heterocycles. The number of halogens is 3. The minimum atomic E-state index is -4.75. The third-order valence-electron chi connectivity index (χ3n) is 6.64. The summed E-state index contributed by atoms with van der Waals surface area (Å²) in [4.78, 5) is 26.1. The molecule has 2 fully saturated rings. The van der Waals surface area contributed by atoms with E-state index in [0.717, 1.165) is 43.6 Å². The van der Waals surface area contributed by atoms with Crippen LogP contribution in [0.25, 0.3) is 11.1 Å². The number of alkyl halides is 3. The second-order valence-corrected chi connectivity index (χ2v) is 9.07. The van der Waals surface area contributed by atoms with Gasteiger partial charge in [0.05, 0.1) is 0 Å². The molecule has 1 aliphatic carbocycles. The number of carbonyl (C=O) groups excluding carboxylic acids is 2. The first kappa shape index (κ1) is 23.5. The van der Waals surface area contributed by atoms with Crippen LogP contribution in [0.3, 0.4) is 0 Å². The molecule has 0 radical (unpaired) electrons. The Balaban J connectivity index is 1.50. The van der Waals surface area contributed by atoms with E-state index in [2.05, 4.69) is 4.74 Å². The first-order valence-electron chi connectivity index (χ1n) is 11.3. The summed E-state index contributed by atoms with van der Waals surface area (Å²) in [7, 11) is 0. The summed E-state index contributed by atoms with van der Waals surface area (Å²) < 4.78 is 46.6. The van der Waals surface area contributed by atoms with E-state index >= 15 is 0 Å². The number of ether oxygens (including phenoxy) is 2. The van der Waals surface area contributed by atoms with Crippen molar-refractivity contribution >= 4 is 11.6 Å². The molecule has 0 bridgehead atoms. The Labute approximate surface area is 191 Å². The highest BCUT2D eigenvalue weighted by Gasteiger charge is 2.38. The van der Waals surface area contributed by atoms with Crippen LogP contribution in [0.5, 0.6) is 5.75 Å². The van der Waals surface area contributed by atoms with Crippen LogP contribution in [-0.2, 0) is 14.3 Å². The van der Waals surface area contributed by atoms with E-state index in [1.54, 1.807) is 0 Å². The summed E-state index contributed by atoms with van der Waals surface area (Å²) in [6.45, 7) is 3.36. The highest BCUT2D eigenvalue weighted by atomic mass is 19.4. The molecule has 1 heterocycles. The smallest absolute Gasteiger partial charge is 0.406 e. The van der Waals surface area contributed by atoms with Gasteiger partial charge in [-0.25, -0.2) is 0 Å². The zero-order chi connectivity index (χ0) is 23.6. The van der Waals surface area contributed by atoms with E-state index in [1.807, 2.05) is 25.1 Å². The lowest BCUT2D eigenvalue weighted by Crippen LogP contribution is -2.33. The van der Waals surface area contributed by atoms with Gasteiger partial charge in [0.1, 0.15) is 23.2 Å². The van der Waals surface area contributed by atoms with E-state index < -0.39 is 12.3 Å². The summed E-state index contributed by atoms with van der Waals surface area (Å²) in [5, 5.41) is 0. The average Bonchev–Trinajstić information content (AvgIpc) is 2.75. The summed E-state index contributed by atoms with van der Waals surface area (Å²) in [5.41, 5.74) is 2.95. The molecule has 176 valence electrons. The van der Waals surface area contributed by atoms with Crippen LogP contribution >= 0.6 is 0 Å². The minimum Gasteiger partial charge on any atom is -0.406 e. The van der Waals surface area contributed by atoms with Gasteiger partial charge in [0.25, 0.3) is 0 Å². The van der Waals surface area contributed by atoms with E-state index in [0.29, 0.717) is 29.9 Å².